The van der Waals surface area contributed by atoms with Crippen molar-refractivity contribution in [2.24, 2.45) is 0 Å². The Balaban J connectivity index is 1.34. The fourth-order valence-electron chi connectivity index (χ4n) is 4.69. The molecule has 1 saturated heterocycles. The normalized spacial score (nSPS) is 15.5. The summed E-state index contributed by atoms with van der Waals surface area (Å²) in [5, 5.41) is 0. The monoisotopic (exact) mass is 471 g/mol. The van der Waals surface area contributed by atoms with Gasteiger partial charge in [0.1, 0.15) is 11.6 Å². The number of aryl methyl sites for hydroxylation is 1. The van der Waals surface area contributed by atoms with E-state index in [2.05, 4.69) is 10.6 Å². The van der Waals surface area contributed by atoms with E-state index < -0.39 is 0 Å². The van der Waals surface area contributed by atoms with Gasteiger partial charge >= 0.3 is 0 Å². The molecule has 1 aromatic heterocycles. The van der Waals surface area contributed by atoms with Crippen LogP contribution in [0.2, 0.25) is 0 Å². The van der Waals surface area contributed by atoms with E-state index in [1.54, 1.807) is 14.2 Å². The Morgan fingerprint density at radius 2 is 1.74 bits per heavy atom. The second-order valence-corrected chi connectivity index (χ2v) is 8.57. The van der Waals surface area contributed by atoms with Gasteiger partial charge in [0.05, 0.1) is 31.9 Å². The van der Waals surface area contributed by atoms with Crippen LogP contribution in [0.15, 0.2) is 72.8 Å². The Bertz CT molecular complexity index is 1330. The van der Waals surface area contributed by atoms with Crippen molar-refractivity contribution in [2.45, 2.75) is 25.3 Å². The van der Waals surface area contributed by atoms with E-state index in [1.165, 1.54) is 0 Å². The molecule has 1 aliphatic heterocycles. The van der Waals surface area contributed by atoms with Crippen LogP contribution in [-0.2, 0) is 11.3 Å². The second kappa shape index (κ2) is 10.1. The smallest absolute Gasteiger partial charge is 0.227 e. The molecule has 180 valence electrons. The highest BCUT2D eigenvalue weighted by molar-refractivity contribution is 5.96. The van der Waals surface area contributed by atoms with E-state index in [4.69, 9.17) is 19.2 Å². The van der Waals surface area contributed by atoms with E-state index in [9.17, 15) is 4.79 Å². The molecule has 1 aliphatic rings. The summed E-state index contributed by atoms with van der Waals surface area (Å²) in [6.45, 7) is 1.88. The van der Waals surface area contributed by atoms with Crippen molar-refractivity contribution in [2.75, 3.05) is 32.3 Å². The molecule has 7 heteroatoms. The SMILES string of the molecule is COc1cccc(N2CC(c3nc4ccccc4n3CCCOc3ccccc3OC)CC2=O)c1. The number of benzene rings is 3. The minimum absolute atomic E-state index is 0.0104. The van der Waals surface area contributed by atoms with Crippen LogP contribution in [0.1, 0.15) is 24.6 Å². The lowest BCUT2D eigenvalue weighted by Gasteiger charge is -2.18. The summed E-state index contributed by atoms with van der Waals surface area (Å²) >= 11 is 0. The van der Waals surface area contributed by atoms with Gasteiger partial charge in [-0.05, 0) is 42.8 Å². The average Bonchev–Trinajstić information content (AvgIpc) is 3.47. The molecule has 0 spiro atoms. The highest BCUT2D eigenvalue weighted by Crippen LogP contribution is 2.34. The van der Waals surface area contributed by atoms with Crippen LogP contribution in [0.25, 0.3) is 11.0 Å². The van der Waals surface area contributed by atoms with Crippen LogP contribution in [-0.4, -0.2) is 42.8 Å². The number of hydrogen-bond acceptors (Lipinski definition) is 5. The number of nitrogens with zero attached hydrogens (tertiary/aromatic N) is 3. The Morgan fingerprint density at radius 3 is 2.57 bits per heavy atom. The zero-order valence-corrected chi connectivity index (χ0v) is 20.0. The van der Waals surface area contributed by atoms with Crippen molar-refractivity contribution in [1.29, 1.82) is 0 Å². The van der Waals surface area contributed by atoms with Crippen molar-refractivity contribution in [1.82, 2.24) is 9.55 Å². The Hall–Kier alpha value is -4.00. The summed E-state index contributed by atoms with van der Waals surface area (Å²) < 4.78 is 19.0. The summed E-state index contributed by atoms with van der Waals surface area (Å²) in [4.78, 5) is 19.8. The largest absolute Gasteiger partial charge is 0.497 e. The maximum atomic E-state index is 13.0. The first-order chi connectivity index (χ1) is 17.2. The number of carbonyl (C=O) groups excluding carboxylic acids is 1. The van der Waals surface area contributed by atoms with Crippen LogP contribution in [0.3, 0.4) is 0 Å². The molecule has 7 nitrogen and oxygen atoms in total. The second-order valence-electron chi connectivity index (χ2n) is 8.57. The van der Waals surface area contributed by atoms with Crippen LogP contribution >= 0.6 is 0 Å². The fraction of sp³-hybridized carbons (Fsp3) is 0.286. The Morgan fingerprint density at radius 1 is 0.943 bits per heavy atom. The summed E-state index contributed by atoms with van der Waals surface area (Å²) in [7, 11) is 3.28. The third-order valence-electron chi connectivity index (χ3n) is 6.39. The lowest BCUT2D eigenvalue weighted by Crippen LogP contribution is -2.24. The van der Waals surface area contributed by atoms with E-state index in [1.807, 2.05) is 71.6 Å². The van der Waals surface area contributed by atoms with Crippen molar-refractivity contribution in [3.8, 4) is 17.2 Å². The molecule has 4 aromatic rings. The van der Waals surface area contributed by atoms with E-state index in [0.717, 1.165) is 52.8 Å². The van der Waals surface area contributed by atoms with Gasteiger partial charge in [-0.1, -0.05) is 30.3 Å². The molecule has 3 aromatic carbocycles. The number of para-hydroxylation sites is 4. The maximum Gasteiger partial charge on any atom is 0.227 e. The van der Waals surface area contributed by atoms with Gasteiger partial charge in [-0.25, -0.2) is 4.98 Å². The number of imidazole rings is 1. The number of rotatable bonds is 9. The molecule has 0 aliphatic carbocycles. The average molecular weight is 472 g/mol. The lowest BCUT2D eigenvalue weighted by molar-refractivity contribution is -0.117. The molecular formula is C28H29N3O4. The summed E-state index contributed by atoms with van der Waals surface area (Å²) in [5.41, 5.74) is 2.87. The first kappa shape index (κ1) is 22.8. The van der Waals surface area contributed by atoms with Crippen LogP contribution in [0.5, 0.6) is 17.2 Å². The number of ether oxygens (including phenoxy) is 3. The van der Waals surface area contributed by atoms with Gasteiger partial charge < -0.3 is 23.7 Å². The first-order valence-electron chi connectivity index (χ1n) is 11.8. The molecule has 1 amide bonds. The minimum Gasteiger partial charge on any atom is -0.497 e. The molecule has 0 N–H and O–H groups in total. The van der Waals surface area contributed by atoms with Crippen molar-refractivity contribution in [3.05, 3.63) is 78.6 Å². The number of amides is 1. The third kappa shape index (κ3) is 4.67. The molecule has 1 fully saturated rings. The Labute approximate surface area is 204 Å². The molecule has 35 heavy (non-hydrogen) atoms. The summed E-state index contributed by atoms with van der Waals surface area (Å²) in [6.07, 6.45) is 1.23. The van der Waals surface area contributed by atoms with Crippen LogP contribution in [0.4, 0.5) is 5.69 Å². The third-order valence-corrected chi connectivity index (χ3v) is 6.39. The van der Waals surface area contributed by atoms with Crippen molar-refractivity contribution < 1.29 is 19.0 Å². The first-order valence-corrected chi connectivity index (χ1v) is 11.8. The maximum absolute atomic E-state index is 13.0. The van der Waals surface area contributed by atoms with Gasteiger partial charge in [-0.2, -0.15) is 0 Å². The standard InChI is InChI=1S/C28H29N3O4/c1-33-22-10-7-9-21(18-22)31-19-20(17-27(31)32)28-29-23-11-3-4-12-24(23)30(28)15-8-16-35-26-14-6-5-13-25(26)34-2/h3-7,9-14,18,20H,8,15-17,19H2,1-2H3. The van der Waals surface area contributed by atoms with Crippen LogP contribution in [0, 0.1) is 0 Å². The van der Waals surface area contributed by atoms with Gasteiger partial charge in [0.25, 0.3) is 0 Å². The molecule has 2 heterocycles. The molecular weight excluding hydrogens is 442 g/mol. The van der Waals surface area contributed by atoms with Gasteiger partial charge in [-0.15, -0.1) is 0 Å². The summed E-state index contributed by atoms with van der Waals surface area (Å²) in [6, 6.07) is 23.4. The quantitative estimate of drug-likeness (QED) is 0.320. The number of methoxy groups -OCH3 is 2. The predicted octanol–water partition coefficient (Wildman–Crippen LogP) is 5.04. The van der Waals surface area contributed by atoms with Gasteiger partial charge in [-0.3, -0.25) is 4.79 Å². The molecule has 5 rings (SSSR count). The highest BCUT2D eigenvalue weighted by atomic mass is 16.5. The molecule has 1 atom stereocenters. The number of hydrogen-bond donors (Lipinski definition) is 0. The Kier molecular flexibility index (Phi) is 6.57. The zero-order chi connectivity index (χ0) is 24.2. The zero-order valence-electron chi connectivity index (χ0n) is 20.0. The van der Waals surface area contributed by atoms with Crippen LogP contribution < -0.4 is 19.1 Å². The number of fused-ring (bicyclic) bond motifs is 1. The van der Waals surface area contributed by atoms with Crippen molar-refractivity contribution >= 4 is 22.6 Å². The summed E-state index contributed by atoms with van der Waals surface area (Å²) in [5.74, 6) is 3.25. The molecule has 0 bridgehead atoms. The van der Waals surface area contributed by atoms with Gasteiger partial charge in [0.2, 0.25) is 5.91 Å². The fourth-order valence-corrected chi connectivity index (χ4v) is 4.69. The lowest BCUT2D eigenvalue weighted by atomic mass is 10.1. The van der Waals surface area contributed by atoms with Gasteiger partial charge in [0, 0.05) is 37.2 Å². The molecule has 0 radical (unpaired) electrons. The van der Waals surface area contributed by atoms with Crippen molar-refractivity contribution in [3.63, 3.8) is 0 Å². The molecule has 0 saturated carbocycles. The van der Waals surface area contributed by atoms with Gasteiger partial charge in [0.15, 0.2) is 11.5 Å². The number of anilines is 1. The van der Waals surface area contributed by atoms with E-state index in [-0.39, 0.29) is 11.8 Å². The number of aromatic nitrogens is 2. The van der Waals surface area contributed by atoms with E-state index >= 15 is 0 Å². The number of carbonyl (C=O) groups is 1. The molecule has 1 unspecified atom stereocenters. The minimum atomic E-state index is 0.0104. The highest BCUT2D eigenvalue weighted by Gasteiger charge is 2.35. The predicted molar refractivity (Wildman–Crippen MR) is 136 cm³/mol. The topological polar surface area (TPSA) is 65.8 Å². The van der Waals surface area contributed by atoms with E-state index in [0.29, 0.717) is 19.6 Å².